The summed E-state index contributed by atoms with van der Waals surface area (Å²) in [5.41, 5.74) is 0. The second kappa shape index (κ2) is 9.59. The highest BCUT2D eigenvalue weighted by Crippen LogP contribution is 2.42. The van der Waals surface area contributed by atoms with E-state index in [1.807, 2.05) is 0 Å². The summed E-state index contributed by atoms with van der Waals surface area (Å²) in [6, 6.07) is 2.48. The predicted octanol–water partition coefficient (Wildman–Crippen LogP) is 6.73. The molecule has 0 radical (unpaired) electrons. The molecule has 1 heteroatoms. The van der Waals surface area contributed by atoms with Crippen LogP contribution in [0.4, 0.5) is 0 Å². The van der Waals surface area contributed by atoms with Crippen molar-refractivity contribution in [2.24, 2.45) is 29.6 Å². The van der Waals surface area contributed by atoms with E-state index in [0.29, 0.717) is 5.92 Å². The molecule has 126 valence electrons. The van der Waals surface area contributed by atoms with Crippen LogP contribution in [0.25, 0.3) is 0 Å². The lowest BCUT2D eigenvalue weighted by molar-refractivity contribution is 0.144. The first kappa shape index (κ1) is 17.8. The second-order valence-electron chi connectivity index (χ2n) is 8.17. The van der Waals surface area contributed by atoms with Crippen molar-refractivity contribution >= 4 is 0 Å². The van der Waals surface area contributed by atoms with Crippen LogP contribution in [0.3, 0.4) is 0 Å². The summed E-state index contributed by atoms with van der Waals surface area (Å²) >= 11 is 0. The molecule has 0 N–H and O–H groups in total. The average Bonchev–Trinajstić information content (AvgIpc) is 2.59. The minimum absolute atomic E-state index is 0.372. The quantitative estimate of drug-likeness (QED) is 0.511. The van der Waals surface area contributed by atoms with Gasteiger partial charge in [0.05, 0.1) is 6.07 Å². The maximum absolute atomic E-state index is 9.04. The van der Waals surface area contributed by atoms with Crippen LogP contribution < -0.4 is 0 Å². The molecular weight excluding hydrogens is 266 g/mol. The van der Waals surface area contributed by atoms with Gasteiger partial charge in [-0.3, -0.25) is 0 Å². The van der Waals surface area contributed by atoms with Crippen LogP contribution in [0.1, 0.15) is 97.3 Å². The molecule has 1 atom stereocenters. The predicted molar refractivity (Wildman–Crippen MR) is 94.4 cm³/mol. The third-order valence-corrected chi connectivity index (χ3v) is 6.72. The Kier molecular flexibility index (Phi) is 7.77. The molecule has 1 nitrogen and oxygen atoms in total. The van der Waals surface area contributed by atoms with Crippen molar-refractivity contribution in [3.8, 4) is 6.07 Å². The number of unbranched alkanes of at least 4 members (excludes halogenated alkanes) is 1. The fourth-order valence-electron chi connectivity index (χ4n) is 5.07. The SMILES string of the molecule is CCCCC(CC)CC1CCC(C2CCC(C#N)CC2)CC1. The molecule has 2 aliphatic rings. The van der Waals surface area contributed by atoms with Gasteiger partial charge in [0.2, 0.25) is 0 Å². The Morgan fingerprint density at radius 1 is 0.909 bits per heavy atom. The molecule has 22 heavy (non-hydrogen) atoms. The number of rotatable bonds is 7. The van der Waals surface area contributed by atoms with E-state index in [1.54, 1.807) is 0 Å². The van der Waals surface area contributed by atoms with E-state index < -0.39 is 0 Å². The van der Waals surface area contributed by atoms with Gasteiger partial charge in [-0.15, -0.1) is 0 Å². The number of hydrogen-bond acceptors (Lipinski definition) is 1. The summed E-state index contributed by atoms with van der Waals surface area (Å²) in [4.78, 5) is 0. The fourth-order valence-corrected chi connectivity index (χ4v) is 5.07. The summed E-state index contributed by atoms with van der Waals surface area (Å²) in [6.07, 6.45) is 18.1. The summed E-state index contributed by atoms with van der Waals surface area (Å²) in [6.45, 7) is 4.71. The highest BCUT2D eigenvalue weighted by molar-refractivity contribution is 4.89. The highest BCUT2D eigenvalue weighted by Gasteiger charge is 2.31. The molecular formula is C21H37N. The number of nitrogens with zero attached hydrogens (tertiary/aromatic N) is 1. The zero-order valence-corrected chi connectivity index (χ0v) is 15.0. The molecule has 0 bridgehead atoms. The van der Waals surface area contributed by atoms with Gasteiger partial charge < -0.3 is 0 Å². The maximum Gasteiger partial charge on any atom is 0.0655 e. The van der Waals surface area contributed by atoms with Crippen molar-refractivity contribution in [3.05, 3.63) is 0 Å². The van der Waals surface area contributed by atoms with E-state index in [9.17, 15) is 0 Å². The summed E-state index contributed by atoms with van der Waals surface area (Å²) < 4.78 is 0. The molecule has 2 rings (SSSR count). The first-order valence-corrected chi connectivity index (χ1v) is 10.2. The first-order valence-electron chi connectivity index (χ1n) is 10.2. The molecule has 0 amide bonds. The molecule has 0 heterocycles. The van der Waals surface area contributed by atoms with E-state index in [-0.39, 0.29) is 0 Å². The Morgan fingerprint density at radius 3 is 2.00 bits per heavy atom. The molecule has 0 saturated heterocycles. The Balaban J connectivity index is 1.68. The van der Waals surface area contributed by atoms with Crippen molar-refractivity contribution in [2.45, 2.75) is 97.3 Å². The molecule has 0 aromatic carbocycles. The second-order valence-corrected chi connectivity index (χ2v) is 8.17. The Labute approximate surface area is 138 Å². The molecule has 2 aliphatic carbocycles. The van der Waals surface area contributed by atoms with Gasteiger partial charge >= 0.3 is 0 Å². The Morgan fingerprint density at radius 2 is 1.50 bits per heavy atom. The highest BCUT2D eigenvalue weighted by atomic mass is 14.4. The maximum atomic E-state index is 9.04. The zero-order chi connectivity index (χ0) is 15.8. The van der Waals surface area contributed by atoms with Crippen molar-refractivity contribution < 1.29 is 0 Å². The number of hydrogen-bond donors (Lipinski definition) is 0. The minimum atomic E-state index is 0.372. The topological polar surface area (TPSA) is 23.8 Å². The van der Waals surface area contributed by atoms with Crippen LogP contribution in [-0.4, -0.2) is 0 Å². The van der Waals surface area contributed by atoms with Crippen molar-refractivity contribution in [3.63, 3.8) is 0 Å². The van der Waals surface area contributed by atoms with Gasteiger partial charge in [-0.1, -0.05) is 52.4 Å². The summed E-state index contributed by atoms with van der Waals surface area (Å²) in [5.74, 6) is 4.33. The van der Waals surface area contributed by atoms with E-state index in [2.05, 4.69) is 19.9 Å². The normalized spacial score (nSPS) is 34.0. The van der Waals surface area contributed by atoms with E-state index in [1.165, 1.54) is 83.5 Å². The van der Waals surface area contributed by atoms with Crippen LogP contribution in [0.15, 0.2) is 0 Å². The lowest BCUT2D eigenvalue weighted by Crippen LogP contribution is -2.26. The van der Waals surface area contributed by atoms with E-state index in [0.717, 1.165) is 23.7 Å². The molecule has 1 unspecified atom stereocenters. The largest absolute Gasteiger partial charge is 0.198 e. The molecule has 2 saturated carbocycles. The first-order chi connectivity index (χ1) is 10.8. The molecule has 0 aromatic rings. The molecule has 2 fully saturated rings. The third-order valence-electron chi connectivity index (χ3n) is 6.72. The Hall–Kier alpha value is -0.510. The molecule has 0 aromatic heterocycles. The zero-order valence-electron chi connectivity index (χ0n) is 15.0. The Bertz CT molecular complexity index is 326. The summed E-state index contributed by atoms with van der Waals surface area (Å²) in [7, 11) is 0. The third kappa shape index (κ3) is 5.29. The van der Waals surface area contributed by atoms with Crippen molar-refractivity contribution in [1.29, 1.82) is 5.26 Å². The van der Waals surface area contributed by atoms with Crippen LogP contribution >= 0.6 is 0 Å². The fraction of sp³-hybridized carbons (Fsp3) is 0.952. The number of nitriles is 1. The van der Waals surface area contributed by atoms with Crippen LogP contribution in [0.2, 0.25) is 0 Å². The molecule has 0 aliphatic heterocycles. The van der Waals surface area contributed by atoms with Gasteiger partial charge in [-0.25, -0.2) is 0 Å². The van der Waals surface area contributed by atoms with Gasteiger partial charge in [0.15, 0.2) is 0 Å². The monoisotopic (exact) mass is 303 g/mol. The van der Waals surface area contributed by atoms with Crippen LogP contribution in [0.5, 0.6) is 0 Å². The van der Waals surface area contributed by atoms with E-state index in [4.69, 9.17) is 5.26 Å². The summed E-state index contributed by atoms with van der Waals surface area (Å²) in [5, 5.41) is 9.04. The van der Waals surface area contributed by atoms with Gasteiger partial charge in [0.1, 0.15) is 0 Å². The van der Waals surface area contributed by atoms with Gasteiger partial charge in [-0.05, 0) is 68.6 Å². The standard InChI is InChI=1S/C21H37N/c1-3-5-6-17(4-2)15-18-7-11-20(12-8-18)21-13-9-19(16-22)10-14-21/h17-21H,3-15H2,1-2H3. The van der Waals surface area contributed by atoms with E-state index >= 15 is 0 Å². The molecule has 0 spiro atoms. The minimum Gasteiger partial charge on any atom is -0.198 e. The van der Waals surface area contributed by atoms with Gasteiger partial charge in [0, 0.05) is 5.92 Å². The average molecular weight is 304 g/mol. The van der Waals surface area contributed by atoms with Crippen molar-refractivity contribution in [2.75, 3.05) is 0 Å². The van der Waals surface area contributed by atoms with Gasteiger partial charge in [-0.2, -0.15) is 5.26 Å². The smallest absolute Gasteiger partial charge is 0.0655 e. The van der Waals surface area contributed by atoms with Crippen LogP contribution in [-0.2, 0) is 0 Å². The van der Waals surface area contributed by atoms with Crippen molar-refractivity contribution in [1.82, 2.24) is 0 Å². The van der Waals surface area contributed by atoms with Gasteiger partial charge in [0.25, 0.3) is 0 Å². The van der Waals surface area contributed by atoms with Crippen LogP contribution in [0, 0.1) is 40.9 Å². The lowest BCUT2D eigenvalue weighted by atomic mass is 9.68. The lowest BCUT2D eigenvalue weighted by Gasteiger charge is -2.37.